The number of aromatic nitrogens is 4. The van der Waals surface area contributed by atoms with Gasteiger partial charge in [-0.05, 0) is 23.6 Å². The molecule has 3 aromatic heterocycles. The van der Waals surface area contributed by atoms with Crippen LogP contribution in [0.3, 0.4) is 0 Å². The maximum absolute atomic E-state index is 12.2. The molecule has 0 spiro atoms. The van der Waals surface area contributed by atoms with Crippen molar-refractivity contribution in [3.63, 3.8) is 0 Å². The molecular weight excluding hydrogens is 274 g/mol. The van der Waals surface area contributed by atoms with Crippen molar-refractivity contribution in [2.24, 2.45) is 0 Å². The molecule has 0 aliphatic rings. The number of aromatic amines is 1. The minimum atomic E-state index is -0.0665. The molecule has 3 heterocycles. The van der Waals surface area contributed by atoms with Crippen LogP contribution in [0.25, 0.3) is 5.69 Å². The Morgan fingerprint density at radius 1 is 1.40 bits per heavy atom. The molecule has 0 bridgehead atoms. The first-order chi connectivity index (χ1) is 9.84. The van der Waals surface area contributed by atoms with Crippen molar-refractivity contribution in [3.05, 3.63) is 53.0 Å². The van der Waals surface area contributed by atoms with E-state index in [1.807, 2.05) is 40.5 Å². The van der Waals surface area contributed by atoms with Crippen LogP contribution in [0.1, 0.15) is 15.5 Å². The van der Waals surface area contributed by atoms with E-state index in [0.29, 0.717) is 17.8 Å². The first-order valence-electron chi connectivity index (χ1n) is 6.18. The maximum atomic E-state index is 12.2. The predicted octanol–water partition coefficient (Wildman–Crippen LogP) is 1.63. The molecule has 0 aromatic carbocycles. The summed E-state index contributed by atoms with van der Waals surface area (Å²) in [7, 11) is 0. The van der Waals surface area contributed by atoms with Crippen LogP contribution in [-0.2, 0) is 6.42 Å². The number of rotatable bonds is 5. The van der Waals surface area contributed by atoms with E-state index < -0.39 is 0 Å². The summed E-state index contributed by atoms with van der Waals surface area (Å²) in [6.45, 7) is 0.525. The van der Waals surface area contributed by atoms with Gasteiger partial charge in [-0.1, -0.05) is 0 Å². The number of carbonyl (C=O) groups excluding carboxylic acids is 1. The second-order valence-corrected chi connectivity index (χ2v) is 5.08. The normalized spacial score (nSPS) is 10.6. The summed E-state index contributed by atoms with van der Waals surface area (Å²) in [6.07, 6.45) is 5.94. The second kappa shape index (κ2) is 5.70. The molecule has 1 amide bonds. The molecule has 0 aliphatic carbocycles. The quantitative estimate of drug-likeness (QED) is 0.749. The van der Waals surface area contributed by atoms with Gasteiger partial charge in [0.2, 0.25) is 0 Å². The van der Waals surface area contributed by atoms with E-state index in [1.165, 1.54) is 17.7 Å². The summed E-state index contributed by atoms with van der Waals surface area (Å²) >= 11 is 1.44. The van der Waals surface area contributed by atoms with Crippen molar-refractivity contribution >= 4 is 17.2 Å². The molecule has 3 rings (SSSR count). The van der Waals surface area contributed by atoms with Crippen molar-refractivity contribution in [2.75, 3.05) is 6.54 Å². The monoisotopic (exact) mass is 287 g/mol. The van der Waals surface area contributed by atoms with Crippen LogP contribution in [-0.4, -0.2) is 32.2 Å². The van der Waals surface area contributed by atoms with E-state index in [0.717, 1.165) is 11.5 Å². The highest BCUT2D eigenvalue weighted by molar-refractivity contribution is 7.12. The van der Waals surface area contributed by atoms with Crippen LogP contribution in [0.5, 0.6) is 0 Å². The fourth-order valence-electron chi connectivity index (χ4n) is 1.90. The molecule has 0 atom stereocenters. The zero-order chi connectivity index (χ0) is 13.8. The van der Waals surface area contributed by atoms with Crippen molar-refractivity contribution in [3.8, 4) is 5.69 Å². The smallest absolute Gasteiger partial charge is 0.263 e. The number of H-pyrrole nitrogens is 1. The molecule has 0 fully saturated rings. The summed E-state index contributed by atoms with van der Waals surface area (Å²) in [5, 5.41) is 11.3. The molecular formula is C13H13N5OS. The van der Waals surface area contributed by atoms with E-state index in [-0.39, 0.29) is 5.91 Å². The van der Waals surface area contributed by atoms with Crippen molar-refractivity contribution in [1.29, 1.82) is 0 Å². The highest BCUT2D eigenvalue weighted by Crippen LogP contribution is 2.21. The molecule has 0 unspecified atom stereocenters. The van der Waals surface area contributed by atoms with Gasteiger partial charge in [-0.25, -0.2) is 4.98 Å². The van der Waals surface area contributed by atoms with Crippen LogP contribution in [0, 0.1) is 0 Å². The third-order valence-electron chi connectivity index (χ3n) is 2.85. The van der Waals surface area contributed by atoms with E-state index in [9.17, 15) is 4.79 Å². The number of nitrogens with one attached hydrogen (secondary N) is 2. The van der Waals surface area contributed by atoms with Gasteiger partial charge in [0.05, 0.1) is 5.69 Å². The van der Waals surface area contributed by atoms with Crippen LogP contribution in [0.15, 0.2) is 42.3 Å². The Kier molecular flexibility index (Phi) is 3.60. The first-order valence-corrected chi connectivity index (χ1v) is 7.06. The minimum absolute atomic E-state index is 0.0665. The number of hydrogen-bond acceptors (Lipinski definition) is 4. The second-order valence-electron chi connectivity index (χ2n) is 4.16. The Morgan fingerprint density at radius 2 is 2.25 bits per heavy atom. The SMILES string of the molecule is O=C(NCCc1ncn[nH]1)c1sccc1-n1cccc1. The van der Waals surface area contributed by atoms with Gasteiger partial charge in [0.1, 0.15) is 17.0 Å². The van der Waals surface area contributed by atoms with Gasteiger partial charge in [0.15, 0.2) is 0 Å². The number of amides is 1. The fourth-order valence-corrected chi connectivity index (χ4v) is 2.70. The molecule has 0 saturated heterocycles. The molecule has 6 nitrogen and oxygen atoms in total. The van der Waals surface area contributed by atoms with Crippen LogP contribution in [0.4, 0.5) is 0 Å². The number of nitrogens with zero attached hydrogens (tertiary/aromatic N) is 3. The van der Waals surface area contributed by atoms with Gasteiger partial charge in [-0.2, -0.15) is 5.10 Å². The first kappa shape index (κ1) is 12.6. The summed E-state index contributed by atoms with van der Waals surface area (Å²) < 4.78 is 1.93. The van der Waals surface area contributed by atoms with Gasteiger partial charge in [-0.15, -0.1) is 11.3 Å². The molecule has 3 aromatic rings. The van der Waals surface area contributed by atoms with Crippen LogP contribution in [0.2, 0.25) is 0 Å². The van der Waals surface area contributed by atoms with Crippen molar-refractivity contribution in [1.82, 2.24) is 25.1 Å². The van der Waals surface area contributed by atoms with E-state index in [2.05, 4.69) is 20.5 Å². The van der Waals surface area contributed by atoms with Gasteiger partial charge in [0.25, 0.3) is 5.91 Å². The van der Waals surface area contributed by atoms with E-state index >= 15 is 0 Å². The lowest BCUT2D eigenvalue weighted by Gasteiger charge is -2.06. The zero-order valence-electron chi connectivity index (χ0n) is 10.6. The van der Waals surface area contributed by atoms with E-state index in [4.69, 9.17) is 0 Å². The van der Waals surface area contributed by atoms with Crippen LogP contribution >= 0.6 is 11.3 Å². The molecule has 0 saturated carbocycles. The molecule has 2 N–H and O–H groups in total. The van der Waals surface area contributed by atoms with Gasteiger partial charge in [-0.3, -0.25) is 9.89 Å². The largest absolute Gasteiger partial charge is 0.351 e. The average molecular weight is 287 g/mol. The summed E-state index contributed by atoms with van der Waals surface area (Å²) in [6, 6.07) is 5.81. The van der Waals surface area contributed by atoms with E-state index in [1.54, 1.807) is 0 Å². The zero-order valence-corrected chi connectivity index (χ0v) is 11.4. The van der Waals surface area contributed by atoms with Gasteiger partial charge < -0.3 is 9.88 Å². The third kappa shape index (κ3) is 2.62. The molecule has 7 heteroatoms. The lowest BCUT2D eigenvalue weighted by Crippen LogP contribution is -2.26. The lowest BCUT2D eigenvalue weighted by atomic mass is 10.3. The molecule has 20 heavy (non-hydrogen) atoms. The number of carbonyl (C=O) groups is 1. The molecule has 0 radical (unpaired) electrons. The fraction of sp³-hybridized carbons (Fsp3) is 0.154. The lowest BCUT2D eigenvalue weighted by molar-refractivity contribution is 0.0958. The topological polar surface area (TPSA) is 75.6 Å². The average Bonchev–Trinajstić information content (AvgIpc) is 3.19. The molecule has 102 valence electrons. The Bertz CT molecular complexity index is 672. The van der Waals surface area contributed by atoms with Crippen LogP contribution < -0.4 is 5.32 Å². The van der Waals surface area contributed by atoms with Crippen molar-refractivity contribution < 1.29 is 4.79 Å². The Morgan fingerprint density at radius 3 is 3.00 bits per heavy atom. The van der Waals surface area contributed by atoms with Gasteiger partial charge >= 0.3 is 0 Å². The van der Waals surface area contributed by atoms with Gasteiger partial charge in [0, 0.05) is 25.4 Å². The third-order valence-corrected chi connectivity index (χ3v) is 3.75. The highest BCUT2D eigenvalue weighted by atomic mass is 32.1. The Hall–Kier alpha value is -2.41. The molecule has 0 aliphatic heterocycles. The standard InChI is InChI=1S/C13H13N5OS/c19-13(14-5-3-11-15-9-16-17-11)12-10(4-8-20-12)18-6-1-2-7-18/h1-2,4,6-9H,3,5H2,(H,14,19)(H,15,16,17). The highest BCUT2D eigenvalue weighted by Gasteiger charge is 2.13. The number of thiophene rings is 1. The summed E-state index contributed by atoms with van der Waals surface area (Å²) in [5.41, 5.74) is 0.900. The maximum Gasteiger partial charge on any atom is 0.263 e. The minimum Gasteiger partial charge on any atom is -0.351 e. The summed E-state index contributed by atoms with van der Waals surface area (Å²) in [4.78, 5) is 16.9. The number of hydrogen-bond donors (Lipinski definition) is 2. The predicted molar refractivity (Wildman–Crippen MR) is 76.1 cm³/mol. The Labute approximate surface area is 119 Å². The Balaban J connectivity index is 1.64. The van der Waals surface area contributed by atoms with Crippen molar-refractivity contribution in [2.45, 2.75) is 6.42 Å². The summed E-state index contributed by atoms with van der Waals surface area (Å²) in [5.74, 6) is 0.699.